The lowest BCUT2D eigenvalue weighted by atomic mass is 9.95. The summed E-state index contributed by atoms with van der Waals surface area (Å²) < 4.78 is 0. The highest BCUT2D eigenvalue weighted by Crippen LogP contribution is 2.22. The van der Waals surface area contributed by atoms with Crippen LogP contribution in [0.1, 0.15) is 25.3 Å². The van der Waals surface area contributed by atoms with E-state index in [9.17, 15) is 5.11 Å². The number of β-amino-alcohol motifs (C(OH)–C–C–N with tert-alkyl or cyclic N) is 1. The van der Waals surface area contributed by atoms with Crippen LogP contribution in [0.15, 0.2) is 18.3 Å². The number of aromatic nitrogens is 1. The van der Waals surface area contributed by atoms with Crippen molar-refractivity contribution in [3.63, 3.8) is 0 Å². The van der Waals surface area contributed by atoms with Crippen LogP contribution in [0.25, 0.3) is 0 Å². The first-order valence-electron chi connectivity index (χ1n) is 5.60. The highest BCUT2D eigenvalue weighted by molar-refractivity contribution is 6.29. The van der Waals surface area contributed by atoms with E-state index in [4.69, 9.17) is 11.6 Å². The standard InChI is InChI=1S/C12H17ClN2O/c1-12(16)4-2-6-15(9-12)8-10-3-5-14-11(13)7-10/h3,5,7,16H,2,4,6,8-9H2,1H3. The molecule has 0 aromatic carbocycles. The topological polar surface area (TPSA) is 36.4 Å². The van der Waals surface area contributed by atoms with Gasteiger partial charge in [-0.05, 0) is 44.0 Å². The van der Waals surface area contributed by atoms with E-state index in [2.05, 4.69) is 9.88 Å². The Balaban J connectivity index is 1.99. The summed E-state index contributed by atoms with van der Waals surface area (Å²) in [5.41, 5.74) is 0.604. The van der Waals surface area contributed by atoms with Gasteiger partial charge >= 0.3 is 0 Å². The first-order valence-corrected chi connectivity index (χ1v) is 5.98. The molecular formula is C12H17ClN2O. The molecule has 4 heteroatoms. The van der Waals surface area contributed by atoms with Crippen LogP contribution >= 0.6 is 11.6 Å². The first kappa shape index (κ1) is 11.8. The number of hydrogen-bond acceptors (Lipinski definition) is 3. The Morgan fingerprint density at radius 1 is 1.62 bits per heavy atom. The number of pyridine rings is 1. The van der Waals surface area contributed by atoms with Crippen molar-refractivity contribution in [3.8, 4) is 0 Å². The van der Waals surface area contributed by atoms with Gasteiger partial charge in [0.2, 0.25) is 0 Å². The van der Waals surface area contributed by atoms with Crippen molar-refractivity contribution in [2.75, 3.05) is 13.1 Å². The van der Waals surface area contributed by atoms with E-state index in [1.165, 1.54) is 0 Å². The van der Waals surface area contributed by atoms with Crippen LogP contribution in [0.4, 0.5) is 0 Å². The molecule has 1 unspecified atom stereocenters. The van der Waals surface area contributed by atoms with Crippen LogP contribution in [-0.4, -0.2) is 33.7 Å². The van der Waals surface area contributed by atoms with Gasteiger partial charge in [-0.2, -0.15) is 0 Å². The number of rotatable bonds is 2. The lowest BCUT2D eigenvalue weighted by Gasteiger charge is -2.36. The SMILES string of the molecule is CC1(O)CCCN(Cc2ccnc(Cl)c2)C1. The van der Waals surface area contributed by atoms with Gasteiger partial charge in [0, 0.05) is 19.3 Å². The molecule has 0 amide bonds. The van der Waals surface area contributed by atoms with Gasteiger partial charge in [-0.3, -0.25) is 4.90 Å². The van der Waals surface area contributed by atoms with Crippen LogP contribution < -0.4 is 0 Å². The van der Waals surface area contributed by atoms with E-state index in [-0.39, 0.29) is 0 Å². The van der Waals surface area contributed by atoms with Gasteiger partial charge in [0.25, 0.3) is 0 Å². The number of piperidine rings is 1. The van der Waals surface area contributed by atoms with Crippen molar-refractivity contribution in [1.82, 2.24) is 9.88 Å². The first-order chi connectivity index (χ1) is 7.55. The molecule has 1 saturated heterocycles. The van der Waals surface area contributed by atoms with Gasteiger partial charge < -0.3 is 5.11 Å². The number of likely N-dealkylation sites (tertiary alicyclic amines) is 1. The fourth-order valence-electron chi connectivity index (χ4n) is 2.26. The van der Waals surface area contributed by atoms with Gasteiger partial charge in [0.05, 0.1) is 5.60 Å². The molecule has 1 aromatic heterocycles. The van der Waals surface area contributed by atoms with Gasteiger partial charge in [-0.15, -0.1) is 0 Å². The Morgan fingerprint density at radius 3 is 3.12 bits per heavy atom. The number of halogens is 1. The molecule has 0 bridgehead atoms. The highest BCUT2D eigenvalue weighted by Gasteiger charge is 2.28. The summed E-state index contributed by atoms with van der Waals surface area (Å²) in [5, 5.41) is 10.5. The van der Waals surface area contributed by atoms with Crippen LogP contribution in [0.2, 0.25) is 5.15 Å². The Morgan fingerprint density at radius 2 is 2.44 bits per heavy atom. The van der Waals surface area contributed by atoms with Crippen LogP contribution in [-0.2, 0) is 6.54 Å². The maximum absolute atomic E-state index is 10.00. The van der Waals surface area contributed by atoms with Crippen molar-refractivity contribution < 1.29 is 5.11 Å². The number of hydrogen-bond donors (Lipinski definition) is 1. The van der Waals surface area contributed by atoms with Gasteiger partial charge in [-0.1, -0.05) is 11.6 Å². The van der Waals surface area contributed by atoms with E-state index in [1.54, 1.807) is 6.20 Å². The Labute approximate surface area is 101 Å². The summed E-state index contributed by atoms with van der Waals surface area (Å²) >= 11 is 5.84. The minimum absolute atomic E-state index is 0.529. The zero-order valence-electron chi connectivity index (χ0n) is 9.49. The molecule has 1 aliphatic rings. The summed E-state index contributed by atoms with van der Waals surface area (Å²) in [6.07, 6.45) is 3.66. The van der Waals surface area contributed by atoms with Crippen molar-refractivity contribution in [2.45, 2.75) is 31.9 Å². The van der Waals surface area contributed by atoms with Gasteiger partial charge in [-0.25, -0.2) is 4.98 Å². The minimum atomic E-state index is -0.547. The maximum atomic E-state index is 10.00. The Bertz CT molecular complexity index is 368. The van der Waals surface area contributed by atoms with Crippen LogP contribution in [0.5, 0.6) is 0 Å². The van der Waals surface area contributed by atoms with E-state index in [0.717, 1.165) is 38.0 Å². The minimum Gasteiger partial charge on any atom is -0.389 e. The molecule has 0 radical (unpaired) electrons. The van der Waals surface area contributed by atoms with Crippen molar-refractivity contribution in [2.24, 2.45) is 0 Å². The molecule has 0 spiro atoms. The third-order valence-electron chi connectivity index (χ3n) is 2.95. The van der Waals surface area contributed by atoms with Crippen molar-refractivity contribution >= 4 is 11.6 Å². The monoisotopic (exact) mass is 240 g/mol. The largest absolute Gasteiger partial charge is 0.389 e. The van der Waals surface area contributed by atoms with E-state index in [1.807, 2.05) is 19.1 Å². The maximum Gasteiger partial charge on any atom is 0.129 e. The molecule has 1 fully saturated rings. The molecule has 1 N–H and O–H groups in total. The zero-order valence-corrected chi connectivity index (χ0v) is 10.2. The van der Waals surface area contributed by atoms with E-state index >= 15 is 0 Å². The molecule has 2 rings (SSSR count). The van der Waals surface area contributed by atoms with E-state index in [0.29, 0.717) is 5.15 Å². The molecule has 16 heavy (non-hydrogen) atoms. The summed E-state index contributed by atoms with van der Waals surface area (Å²) in [6.45, 7) is 4.50. The summed E-state index contributed by atoms with van der Waals surface area (Å²) in [6, 6.07) is 3.85. The summed E-state index contributed by atoms with van der Waals surface area (Å²) in [5.74, 6) is 0. The number of nitrogens with zero attached hydrogens (tertiary/aromatic N) is 2. The highest BCUT2D eigenvalue weighted by atomic mass is 35.5. The van der Waals surface area contributed by atoms with E-state index < -0.39 is 5.60 Å². The van der Waals surface area contributed by atoms with Gasteiger partial charge in [0.15, 0.2) is 0 Å². The third kappa shape index (κ3) is 3.17. The van der Waals surface area contributed by atoms with Crippen LogP contribution in [0, 0.1) is 0 Å². The average Bonchev–Trinajstić information content (AvgIpc) is 2.15. The molecule has 1 aromatic rings. The second-order valence-corrected chi connectivity index (χ2v) is 5.19. The predicted molar refractivity (Wildman–Crippen MR) is 64.4 cm³/mol. The van der Waals surface area contributed by atoms with Crippen molar-refractivity contribution in [3.05, 3.63) is 29.0 Å². The Kier molecular flexibility index (Phi) is 3.47. The quantitative estimate of drug-likeness (QED) is 0.805. The molecule has 1 atom stereocenters. The summed E-state index contributed by atoms with van der Waals surface area (Å²) in [4.78, 5) is 6.22. The fourth-order valence-corrected chi connectivity index (χ4v) is 2.45. The predicted octanol–water partition coefficient (Wildman–Crippen LogP) is 2.08. The molecule has 88 valence electrons. The third-order valence-corrected chi connectivity index (χ3v) is 3.16. The smallest absolute Gasteiger partial charge is 0.129 e. The second kappa shape index (κ2) is 4.70. The number of aliphatic hydroxyl groups is 1. The normalized spacial score (nSPS) is 26.9. The summed E-state index contributed by atoms with van der Waals surface area (Å²) in [7, 11) is 0. The molecule has 3 nitrogen and oxygen atoms in total. The molecule has 2 heterocycles. The lowest BCUT2D eigenvalue weighted by molar-refractivity contribution is -0.0181. The lowest BCUT2D eigenvalue weighted by Crippen LogP contribution is -2.45. The Hall–Kier alpha value is -0.640. The zero-order chi connectivity index (χ0) is 11.6. The van der Waals surface area contributed by atoms with Gasteiger partial charge in [0.1, 0.15) is 5.15 Å². The van der Waals surface area contributed by atoms with Crippen molar-refractivity contribution in [1.29, 1.82) is 0 Å². The molecule has 0 saturated carbocycles. The second-order valence-electron chi connectivity index (χ2n) is 4.80. The molecule has 0 aliphatic carbocycles. The average molecular weight is 241 g/mol. The molecular weight excluding hydrogens is 224 g/mol. The fraction of sp³-hybridized carbons (Fsp3) is 0.583. The molecule has 1 aliphatic heterocycles. The van der Waals surface area contributed by atoms with Crippen LogP contribution in [0.3, 0.4) is 0 Å².